The second-order valence-corrected chi connectivity index (χ2v) is 11.6. The van der Waals surface area contributed by atoms with Gasteiger partial charge in [-0.25, -0.2) is 9.59 Å². The average molecular weight is 592 g/mol. The van der Waals surface area contributed by atoms with Gasteiger partial charge < -0.3 is 24.6 Å². The highest BCUT2D eigenvalue weighted by molar-refractivity contribution is 5.81. The number of rotatable bonds is 25. The van der Waals surface area contributed by atoms with Crippen LogP contribution in [0.4, 0.5) is 4.79 Å². The summed E-state index contributed by atoms with van der Waals surface area (Å²) in [7, 11) is 0. The van der Waals surface area contributed by atoms with Gasteiger partial charge in [0.15, 0.2) is 6.10 Å². The first kappa shape index (κ1) is 37.4. The lowest BCUT2D eigenvalue weighted by Gasteiger charge is -2.22. The molecular weight excluding hydrogens is 534 g/mol. The number of amides is 1. The number of carbonyl (C=O) groups is 3. The zero-order valence-electron chi connectivity index (χ0n) is 26.5. The van der Waals surface area contributed by atoms with Gasteiger partial charge >= 0.3 is 18.0 Å². The number of unbranched alkanes of at least 4 members (excludes halogenated alkanes) is 14. The minimum atomic E-state index is -0.948. The Kier molecular flexibility index (Phi) is 22.2. The molecule has 1 amide bonds. The number of ether oxygens (including phenoxy) is 3. The predicted octanol–water partition coefficient (Wildman–Crippen LogP) is 7.65. The molecule has 8 heteroatoms. The van der Waals surface area contributed by atoms with Gasteiger partial charge in [0.25, 0.3) is 0 Å². The van der Waals surface area contributed by atoms with Crippen LogP contribution < -0.4 is 5.32 Å². The van der Waals surface area contributed by atoms with Crippen LogP contribution in [0.25, 0.3) is 0 Å². The van der Waals surface area contributed by atoms with E-state index in [1.54, 1.807) is 13.8 Å². The molecule has 1 aromatic carbocycles. The van der Waals surface area contributed by atoms with Gasteiger partial charge in [0.2, 0.25) is 0 Å². The molecule has 0 aliphatic carbocycles. The van der Waals surface area contributed by atoms with E-state index in [-0.39, 0.29) is 25.6 Å². The van der Waals surface area contributed by atoms with Crippen molar-refractivity contribution in [2.24, 2.45) is 5.92 Å². The molecule has 42 heavy (non-hydrogen) atoms. The van der Waals surface area contributed by atoms with E-state index in [4.69, 9.17) is 14.2 Å². The maximum Gasteiger partial charge on any atom is 0.408 e. The molecule has 0 fully saturated rings. The molecule has 1 rings (SSSR count). The van der Waals surface area contributed by atoms with Crippen molar-refractivity contribution >= 4 is 18.0 Å². The summed E-state index contributed by atoms with van der Waals surface area (Å²) in [6, 6.07) is 8.27. The first-order valence-corrected chi connectivity index (χ1v) is 16.3. The smallest absolute Gasteiger partial charge is 0.408 e. The molecule has 240 valence electrons. The van der Waals surface area contributed by atoms with Crippen LogP contribution in [0.2, 0.25) is 0 Å². The SMILES string of the molecule is CCCCCCCCCCCCCCCCCC(=O)OC(CO)COC(=O)[C@@H](NC(=O)OCc1ccccc1)C(C)C. The van der Waals surface area contributed by atoms with E-state index >= 15 is 0 Å². The topological polar surface area (TPSA) is 111 Å². The molecule has 0 saturated carbocycles. The third kappa shape index (κ3) is 19.5. The van der Waals surface area contributed by atoms with Crippen molar-refractivity contribution in [1.82, 2.24) is 5.32 Å². The van der Waals surface area contributed by atoms with Crippen LogP contribution >= 0.6 is 0 Å². The van der Waals surface area contributed by atoms with Crippen molar-refractivity contribution in [3.63, 3.8) is 0 Å². The van der Waals surface area contributed by atoms with Gasteiger partial charge in [-0.3, -0.25) is 4.79 Å². The molecule has 0 aliphatic rings. The lowest BCUT2D eigenvalue weighted by atomic mass is 10.0. The molecule has 2 N–H and O–H groups in total. The third-order valence-corrected chi connectivity index (χ3v) is 7.30. The van der Waals surface area contributed by atoms with E-state index in [2.05, 4.69) is 12.2 Å². The number of carbonyl (C=O) groups excluding carboxylic acids is 3. The standard InChI is InChI=1S/C34H57NO7/c1-4-5-6-7-8-9-10-11-12-13-14-15-16-17-21-24-31(37)42-30(25-36)27-40-33(38)32(28(2)3)35-34(39)41-26-29-22-19-18-20-23-29/h18-20,22-23,28,30,32,36H,4-17,21,24-27H2,1-3H3,(H,35,39)/t30?,32-/m0/s1. The molecular formula is C34H57NO7. The van der Waals surface area contributed by atoms with E-state index in [9.17, 15) is 19.5 Å². The van der Waals surface area contributed by atoms with Gasteiger partial charge in [-0.1, -0.05) is 141 Å². The highest BCUT2D eigenvalue weighted by Gasteiger charge is 2.27. The van der Waals surface area contributed by atoms with Crippen LogP contribution in [0.5, 0.6) is 0 Å². The fraction of sp³-hybridized carbons (Fsp3) is 0.735. The number of hydrogen-bond donors (Lipinski definition) is 2. The molecule has 0 radical (unpaired) electrons. The van der Waals surface area contributed by atoms with E-state index in [0.717, 1.165) is 24.8 Å². The van der Waals surface area contributed by atoms with Crippen LogP contribution in [0.1, 0.15) is 129 Å². The molecule has 0 saturated heterocycles. The Bertz CT molecular complexity index is 830. The maximum absolute atomic E-state index is 12.6. The molecule has 8 nitrogen and oxygen atoms in total. The Hall–Kier alpha value is -2.61. The van der Waals surface area contributed by atoms with E-state index in [0.29, 0.717) is 0 Å². The Balaban J connectivity index is 2.14. The lowest BCUT2D eigenvalue weighted by molar-refractivity contribution is -0.163. The Labute approximate surface area is 254 Å². The summed E-state index contributed by atoms with van der Waals surface area (Å²) in [5.74, 6) is -1.36. The highest BCUT2D eigenvalue weighted by Crippen LogP contribution is 2.14. The lowest BCUT2D eigenvalue weighted by Crippen LogP contribution is -2.46. The van der Waals surface area contributed by atoms with Gasteiger partial charge in [-0.05, 0) is 17.9 Å². The summed E-state index contributed by atoms with van der Waals surface area (Å²) in [5, 5.41) is 12.1. The molecule has 0 aromatic heterocycles. The van der Waals surface area contributed by atoms with Crippen molar-refractivity contribution in [1.29, 1.82) is 0 Å². The zero-order chi connectivity index (χ0) is 30.8. The van der Waals surface area contributed by atoms with Crippen molar-refractivity contribution in [3.05, 3.63) is 35.9 Å². The fourth-order valence-electron chi connectivity index (χ4n) is 4.66. The summed E-state index contributed by atoms with van der Waals surface area (Å²) in [6.07, 6.45) is 17.4. The van der Waals surface area contributed by atoms with Crippen LogP contribution in [-0.4, -0.2) is 48.5 Å². The third-order valence-electron chi connectivity index (χ3n) is 7.30. The Morgan fingerprint density at radius 3 is 1.79 bits per heavy atom. The van der Waals surface area contributed by atoms with Crippen molar-refractivity contribution in [3.8, 4) is 0 Å². The van der Waals surface area contributed by atoms with Crippen molar-refractivity contribution in [2.45, 2.75) is 142 Å². The zero-order valence-corrected chi connectivity index (χ0v) is 26.5. The first-order valence-electron chi connectivity index (χ1n) is 16.3. The molecule has 0 aliphatic heterocycles. The van der Waals surface area contributed by atoms with Gasteiger partial charge in [0, 0.05) is 6.42 Å². The van der Waals surface area contributed by atoms with Crippen LogP contribution in [0.15, 0.2) is 30.3 Å². The number of aliphatic hydroxyl groups is 1. The average Bonchev–Trinajstić information content (AvgIpc) is 2.99. The van der Waals surface area contributed by atoms with Gasteiger partial charge in [-0.15, -0.1) is 0 Å². The number of nitrogens with one attached hydrogen (secondary N) is 1. The first-order chi connectivity index (χ1) is 20.4. The van der Waals surface area contributed by atoms with E-state index in [1.807, 2.05) is 30.3 Å². The Morgan fingerprint density at radius 1 is 0.762 bits per heavy atom. The summed E-state index contributed by atoms with van der Waals surface area (Å²) in [5.41, 5.74) is 0.827. The van der Waals surface area contributed by atoms with Crippen molar-refractivity contribution in [2.75, 3.05) is 13.2 Å². The fourth-order valence-corrected chi connectivity index (χ4v) is 4.66. The number of esters is 2. The minimum absolute atomic E-state index is 0.0778. The number of hydrogen-bond acceptors (Lipinski definition) is 7. The summed E-state index contributed by atoms with van der Waals surface area (Å²) in [6.45, 7) is 5.12. The normalized spacial score (nSPS) is 12.5. The van der Waals surface area contributed by atoms with Crippen LogP contribution in [0, 0.1) is 5.92 Å². The molecule has 0 bridgehead atoms. The summed E-state index contributed by atoms with van der Waals surface area (Å²) < 4.78 is 15.8. The van der Waals surface area contributed by atoms with Crippen LogP contribution in [-0.2, 0) is 30.4 Å². The van der Waals surface area contributed by atoms with Crippen LogP contribution in [0.3, 0.4) is 0 Å². The highest BCUT2D eigenvalue weighted by atomic mass is 16.6. The van der Waals surface area contributed by atoms with Gasteiger partial charge in [-0.2, -0.15) is 0 Å². The maximum atomic E-state index is 12.6. The van der Waals surface area contributed by atoms with E-state index < -0.39 is 36.8 Å². The largest absolute Gasteiger partial charge is 0.460 e. The van der Waals surface area contributed by atoms with Gasteiger partial charge in [0.1, 0.15) is 19.3 Å². The second kappa shape index (κ2) is 24.9. The van der Waals surface area contributed by atoms with Crippen molar-refractivity contribution < 1.29 is 33.7 Å². The van der Waals surface area contributed by atoms with Gasteiger partial charge in [0.05, 0.1) is 6.61 Å². The van der Waals surface area contributed by atoms with E-state index in [1.165, 1.54) is 77.0 Å². The molecule has 0 heterocycles. The molecule has 2 atom stereocenters. The molecule has 0 spiro atoms. The monoisotopic (exact) mass is 591 g/mol. The summed E-state index contributed by atoms with van der Waals surface area (Å²) in [4.78, 5) is 37.0. The predicted molar refractivity (Wildman–Crippen MR) is 166 cm³/mol. The molecule has 1 aromatic rings. The quantitative estimate of drug-likeness (QED) is 0.0682. The second-order valence-electron chi connectivity index (χ2n) is 11.6. The number of alkyl carbamates (subject to hydrolysis) is 1. The molecule has 1 unspecified atom stereocenters. The summed E-state index contributed by atoms with van der Waals surface area (Å²) >= 11 is 0. The Morgan fingerprint density at radius 2 is 1.29 bits per heavy atom. The minimum Gasteiger partial charge on any atom is -0.460 e. The number of benzene rings is 1. The number of aliphatic hydroxyl groups excluding tert-OH is 1.